The summed E-state index contributed by atoms with van der Waals surface area (Å²) in [4.78, 5) is 0. The molecule has 0 saturated carbocycles. The van der Waals surface area contributed by atoms with Crippen LogP contribution in [0.5, 0.6) is 5.75 Å². The van der Waals surface area contributed by atoms with Gasteiger partial charge in [0.15, 0.2) is 0 Å². The Kier molecular flexibility index (Phi) is 5.06. The lowest BCUT2D eigenvalue weighted by molar-refractivity contribution is 0.465. The summed E-state index contributed by atoms with van der Waals surface area (Å²) in [5, 5.41) is 9.44. The highest BCUT2D eigenvalue weighted by atomic mass is 79.9. The number of hydrogen-bond acceptors (Lipinski definition) is 2. The van der Waals surface area contributed by atoms with E-state index in [0.29, 0.717) is 5.56 Å². The van der Waals surface area contributed by atoms with Gasteiger partial charge in [-0.2, -0.15) is 0 Å². The Hall–Kier alpha value is -0.510. The second-order valence-corrected chi connectivity index (χ2v) is 3.38. The molecule has 0 radical (unpaired) electrons. The molecule has 0 unspecified atom stereocenters. The zero-order valence-electron chi connectivity index (χ0n) is 6.90. The molecule has 2 nitrogen and oxygen atoms in total. The molecule has 0 aliphatic carbocycles. The van der Waals surface area contributed by atoms with Crippen molar-refractivity contribution in [1.29, 1.82) is 0 Å². The molecule has 4 heteroatoms. The van der Waals surface area contributed by atoms with Gasteiger partial charge in [-0.3, -0.25) is 0 Å². The van der Waals surface area contributed by atoms with Gasteiger partial charge in [-0.1, -0.05) is 28.1 Å². The second kappa shape index (κ2) is 5.27. The smallest absolute Gasteiger partial charge is 0.121 e. The van der Waals surface area contributed by atoms with Crippen molar-refractivity contribution in [3.05, 3.63) is 40.9 Å². The van der Waals surface area contributed by atoms with Gasteiger partial charge in [-0.25, -0.2) is 0 Å². The Morgan fingerprint density at radius 3 is 2.62 bits per heavy atom. The predicted molar refractivity (Wildman–Crippen MR) is 60.2 cm³/mol. The molecule has 1 aromatic carbocycles. The van der Waals surface area contributed by atoms with Crippen LogP contribution in [0.3, 0.4) is 0 Å². The van der Waals surface area contributed by atoms with E-state index in [1.807, 2.05) is 6.07 Å². The standard InChI is InChI=1S/C9H10BrNO.ClH/c1-2-8(11)7-4-3-6(10)5-9(7)12;/h2-5,8,12H,1,11H2;1H/t8-;/m1./s1. The first kappa shape index (κ1) is 12.5. The zero-order chi connectivity index (χ0) is 9.14. The Morgan fingerprint density at radius 2 is 2.15 bits per heavy atom. The van der Waals surface area contributed by atoms with E-state index in [0.717, 1.165) is 4.47 Å². The third-order valence-electron chi connectivity index (χ3n) is 1.61. The van der Waals surface area contributed by atoms with Crippen molar-refractivity contribution in [2.75, 3.05) is 0 Å². The number of benzene rings is 1. The first-order chi connectivity index (χ1) is 5.65. The van der Waals surface area contributed by atoms with Crippen LogP contribution in [-0.4, -0.2) is 5.11 Å². The lowest BCUT2D eigenvalue weighted by Gasteiger charge is -2.08. The number of nitrogens with two attached hydrogens (primary N) is 1. The molecule has 0 aromatic heterocycles. The largest absolute Gasteiger partial charge is 0.508 e. The minimum Gasteiger partial charge on any atom is -0.508 e. The molecular formula is C9H11BrClNO. The Bertz CT molecular complexity index is 304. The van der Waals surface area contributed by atoms with Crippen LogP contribution >= 0.6 is 28.3 Å². The minimum absolute atomic E-state index is 0. The number of rotatable bonds is 2. The van der Waals surface area contributed by atoms with Crippen LogP contribution in [0, 0.1) is 0 Å². The van der Waals surface area contributed by atoms with E-state index in [2.05, 4.69) is 22.5 Å². The molecule has 72 valence electrons. The van der Waals surface area contributed by atoms with Gasteiger partial charge >= 0.3 is 0 Å². The van der Waals surface area contributed by atoms with Crippen molar-refractivity contribution in [2.24, 2.45) is 5.73 Å². The van der Waals surface area contributed by atoms with Gasteiger partial charge in [0.05, 0.1) is 6.04 Å². The van der Waals surface area contributed by atoms with Crippen LogP contribution in [0.4, 0.5) is 0 Å². The van der Waals surface area contributed by atoms with Crippen molar-refractivity contribution in [3.63, 3.8) is 0 Å². The monoisotopic (exact) mass is 263 g/mol. The highest BCUT2D eigenvalue weighted by Gasteiger charge is 2.06. The minimum atomic E-state index is -0.307. The summed E-state index contributed by atoms with van der Waals surface area (Å²) in [6, 6.07) is 4.90. The predicted octanol–water partition coefficient (Wildman–Crippen LogP) is 2.76. The zero-order valence-corrected chi connectivity index (χ0v) is 9.31. The molecule has 1 rings (SSSR count). The molecule has 0 amide bonds. The maximum Gasteiger partial charge on any atom is 0.121 e. The number of hydrogen-bond donors (Lipinski definition) is 2. The van der Waals surface area contributed by atoms with E-state index in [1.54, 1.807) is 18.2 Å². The average Bonchev–Trinajstić information content (AvgIpc) is 2.03. The van der Waals surface area contributed by atoms with E-state index < -0.39 is 0 Å². The first-order valence-corrected chi connectivity index (χ1v) is 4.31. The van der Waals surface area contributed by atoms with Gasteiger partial charge < -0.3 is 10.8 Å². The van der Waals surface area contributed by atoms with Crippen LogP contribution < -0.4 is 5.73 Å². The van der Waals surface area contributed by atoms with Crippen LogP contribution in [0.25, 0.3) is 0 Å². The van der Waals surface area contributed by atoms with Crippen LogP contribution in [0.1, 0.15) is 11.6 Å². The SMILES string of the molecule is C=C[C@@H](N)c1ccc(Br)cc1O.Cl. The number of phenols is 1. The summed E-state index contributed by atoms with van der Waals surface area (Å²) >= 11 is 3.24. The Balaban J connectivity index is 0.00000144. The fraction of sp³-hybridized carbons (Fsp3) is 0.111. The first-order valence-electron chi connectivity index (χ1n) is 3.51. The van der Waals surface area contributed by atoms with Crippen molar-refractivity contribution in [1.82, 2.24) is 0 Å². The molecule has 0 bridgehead atoms. The summed E-state index contributed by atoms with van der Waals surface area (Å²) in [5.74, 6) is 0.191. The molecule has 0 heterocycles. The molecule has 0 spiro atoms. The molecule has 1 aromatic rings. The lowest BCUT2D eigenvalue weighted by Crippen LogP contribution is -2.06. The van der Waals surface area contributed by atoms with Gasteiger partial charge in [-0.15, -0.1) is 19.0 Å². The third kappa shape index (κ3) is 3.03. The van der Waals surface area contributed by atoms with Crippen LogP contribution in [0.15, 0.2) is 35.3 Å². The van der Waals surface area contributed by atoms with Crippen LogP contribution in [0.2, 0.25) is 0 Å². The normalized spacial score (nSPS) is 11.5. The molecule has 0 aliphatic rings. The van der Waals surface area contributed by atoms with E-state index >= 15 is 0 Å². The fourth-order valence-electron chi connectivity index (χ4n) is 0.926. The van der Waals surface area contributed by atoms with Gasteiger partial charge in [0.2, 0.25) is 0 Å². The van der Waals surface area contributed by atoms with Gasteiger partial charge in [0.25, 0.3) is 0 Å². The van der Waals surface area contributed by atoms with Gasteiger partial charge in [-0.05, 0) is 12.1 Å². The maximum absolute atomic E-state index is 9.44. The topological polar surface area (TPSA) is 46.2 Å². The van der Waals surface area contributed by atoms with E-state index in [4.69, 9.17) is 5.73 Å². The number of halogens is 2. The van der Waals surface area contributed by atoms with Gasteiger partial charge in [0.1, 0.15) is 5.75 Å². The van der Waals surface area contributed by atoms with Crippen LogP contribution in [-0.2, 0) is 0 Å². The van der Waals surface area contributed by atoms with E-state index in [-0.39, 0.29) is 24.2 Å². The maximum atomic E-state index is 9.44. The number of aromatic hydroxyl groups is 1. The Labute approximate surface area is 92.0 Å². The van der Waals surface area contributed by atoms with Crippen molar-refractivity contribution >= 4 is 28.3 Å². The van der Waals surface area contributed by atoms with E-state index in [1.165, 1.54) is 0 Å². The molecular weight excluding hydrogens is 253 g/mol. The van der Waals surface area contributed by atoms with Crippen molar-refractivity contribution < 1.29 is 5.11 Å². The fourth-order valence-corrected chi connectivity index (χ4v) is 1.27. The van der Waals surface area contributed by atoms with E-state index in [9.17, 15) is 5.11 Å². The van der Waals surface area contributed by atoms with Crippen molar-refractivity contribution in [2.45, 2.75) is 6.04 Å². The van der Waals surface area contributed by atoms with Gasteiger partial charge in [0, 0.05) is 10.0 Å². The molecule has 0 aliphatic heterocycles. The van der Waals surface area contributed by atoms with Crippen molar-refractivity contribution in [3.8, 4) is 5.75 Å². The number of phenolic OH excluding ortho intramolecular Hbond substituents is 1. The highest BCUT2D eigenvalue weighted by molar-refractivity contribution is 9.10. The molecule has 3 N–H and O–H groups in total. The summed E-state index contributed by atoms with van der Waals surface area (Å²) in [7, 11) is 0. The lowest BCUT2D eigenvalue weighted by atomic mass is 10.1. The summed E-state index contributed by atoms with van der Waals surface area (Å²) in [5.41, 5.74) is 6.34. The second-order valence-electron chi connectivity index (χ2n) is 2.46. The summed E-state index contributed by atoms with van der Waals surface area (Å²) in [6.07, 6.45) is 1.59. The summed E-state index contributed by atoms with van der Waals surface area (Å²) in [6.45, 7) is 3.55. The third-order valence-corrected chi connectivity index (χ3v) is 2.10. The summed E-state index contributed by atoms with van der Waals surface area (Å²) < 4.78 is 0.833. The molecule has 13 heavy (non-hydrogen) atoms. The highest BCUT2D eigenvalue weighted by Crippen LogP contribution is 2.26. The molecule has 1 atom stereocenters. The quantitative estimate of drug-likeness (QED) is 0.807. The molecule has 0 fully saturated rings. The average molecular weight is 265 g/mol. The molecule has 0 saturated heterocycles. The Morgan fingerprint density at radius 1 is 1.54 bits per heavy atom.